The van der Waals surface area contributed by atoms with Crippen LogP contribution >= 0.6 is 0 Å². The molecule has 0 aromatic carbocycles. The molecule has 0 radical (unpaired) electrons. The van der Waals surface area contributed by atoms with Crippen LogP contribution in [0.25, 0.3) is 0 Å². The highest BCUT2D eigenvalue weighted by Crippen LogP contribution is 2.25. The van der Waals surface area contributed by atoms with Crippen LogP contribution in [0.3, 0.4) is 0 Å². The molecule has 2 aliphatic rings. The summed E-state index contributed by atoms with van der Waals surface area (Å²) in [6.07, 6.45) is 7.21. The van der Waals surface area contributed by atoms with Crippen molar-refractivity contribution in [1.29, 1.82) is 0 Å². The predicted octanol–water partition coefficient (Wildman–Crippen LogP) is 2.07. The molecule has 2 rings (SSSR count). The van der Waals surface area contributed by atoms with Crippen LogP contribution in [0, 0.1) is 11.8 Å². The van der Waals surface area contributed by atoms with E-state index >= 15 is 0 Å². The van der Waals surface area contributed by atoms with Gasteiger partial charge in [-0.2, -0.15) is 0 Å². The molecule has 0 aromatic rings. The zero-order valence-corrected chi connectivity index (χ0v) is 11.2. The fourth-order valence-electron chi connectivity index (χ4n) is 3.22. The highest BCUT2D eigenvalue weighted by atomic mass is 16.2. The van der Waals surface area contributed by atoms with Crippen molar-refractivity contribution in [2.24, 2.45) is 11.8 Å². The number of carbonyl (C=O) groups is 1. The summed E-state index contributed by atoms with van der Waals surface area (Å²) in [5.74, 6) is 1.11. The largest absolute Gasteiger partial charge is 0.353 e. The molecule has 3 heteroatoms. The van der Waals surface area contributed by atoms with Gasteiger partial charge in [0.1, 0.15) is 0 Å². The molecule has 1 heterocycles. The summed E-state index contributed by atoms with van der Waals surface area (Å²) in [7, 11) is 0. The Kier molecular flexibility index (Phi) is 4.43. The van der Waals surface area contributed by atoms with E-state index in [0.29, 0.717) is 18.0 Å². The first-order valence-corrected chi connectivity index (χ1v) is 7.22. The Morgan fingerprint density at radius 3 is 2.59 bits per heavy atom. The number of nitrogens with one attached hydrogen (secondary N) is 2. The summed E-state index contributed by atoms with van der Waals surface area (Å²) >= 11 is 0. The van der Waals surface area contributed by atoms with E-state index in [0.717, 1.165) is 19.4 Å². The summed E-state index contributed by atoms with van der Waals surface area (Å²) in [5, 5.41) is 6.69. The Morgan fingerprint density at radius 1 is 1.12 bits per heavy atom. The van der Waals surface area contributed by atoms with Gasteiger partial charge in [0.2, 0.25) is 5.91 Å². The van der Waals surface area contributed by atoms with Gasteiger partial charge in [0.15, 0.2) is 0 Å². The molecular formula is C14H26N2O. The molecule has 1 amide bonds. The number of carbonyl (C=O) groups excluding carboxylic acids is 1. The van der Waals surface area contributed by atoms with Gasteiger partial charge in [0, 0.05) is 12.1 Å². The summed E-state index contributed by atoms with van der Waals surface area (Å²) in [6, 6.07) is 0.757. The molecule has 4 unspecified atom stereocenters. The van der Waals surface area contributed by atoms with Crippen molar-refractivity contribution >= 4 is 5.91 Å². The summed E-state index contributed by atoms with van der Waals surface area (Å²) in [6.45, 7) is 5.46. The molecule has 4 atom stereocenters. The number of piperidine rings is 1. The third kappa shape index (κ3) is 3.21. The lowest BCUT2D eigenvalue weighted by Crippen LogP contribution is -2.50. The van der Waals surface area contributed by atoms with E-state index in [2.05, 4.69) is 24.5 Å². The van der Waals surface area contributed by atoms with Crippen molar-refractivity contribution < 1.29 is 4.79 Å². The van der Waals surface area contributed by atoms with Crippen molar-refractivity contribution in [2.75, 3.05) is 6.54 Å². The zero-order chi connectivity index (χ0) is 12.3. The lowest BCUT2D eigenvalue weighted by atomic mass is 9.84. The molecule has 0 bridgehead atoms. The van der Waals surface area contributed by atoms with Crippen molar-refractivity contribution in [3.63, 3.8) is 0 Å². The molecule has 1 aliphatic heterocycles. The molecule has 3 nitrogen and oxygen atoms in total. The molecule has 1 aliphatic carbocycles. The third-order valence-corrected chi connectivity index (χ3v) is 4.54. The maximum absolute atomic E-state index is 12.3. The second kappa shape index (κ2) is 5.85. The smallest absolute Gasteiger partial charge is 0.224 e. The Labute approximate surface area is 105 Å². The molecule has 98 valence electrons. The normalized spacial score (nSPS) is 38.7. The molecular weight excluding hydrogens is 212 g/mol. The monoisotopic (exact) mass is 238 g/mol. The average molecular weight is 238 g/mol. The number of hydrogen-bond donors (Lipinski definition) is 2. The number of hydrogen-bond acceptors (Lipinski definition) is 2. The van der Waals surface area contributed by atoms with Crippen molar-refractivity contribution in [3.05, 3.63) is 0 Å². The predicted molar refractivity (Wildman–Crippen MR) is 69.8 cm³/mol. The van der Waals surface area contributed by atoms with E-state index in [1.165, 1.54) is 25.7 Å². The maximum atomic E-state index is 12.3. The van der Waals surface area contributed by atoms with E-state index in [4.69, 9.17) is 0 Å². The molecule has 2 fully saturated rings. The highest BCUT2D eigenvalue weighted by molar-refractivity contribution is 5.79. The zero-order valence-electron chi connectivity index (χ0n) is 11.2. The summed E-state index contributed by atoms with van der Waals surface area (Å²) < 4.78 is 0. The Balaban J connectivity index is 1.86. The van der Waals surface area contributed by atoms with E-state index < -0.39 is 0 Å². The van der Waals surface area contributed by atoms with Crippen LogP contribution in [-0.2, 0) is 4.79 Å². The molecule has 0 aromatic heterocycles. The standard InChI is InChI=1S/C14H26N2O/c1-10-6-3-4-8-13(10)16-14(17)12-7-5-9-15-11(12)2/h10-13,15H,3-9H2,1-2H3,(H,16,17). The van der Waals surface area contributed by atoms with Crippen molar-refractivity contribution in [2.45, 2.75) is 64.5 Å². The van der Waals surface area contributed by atoms with Gasteiger partial charge in [-0.25, -0.2) is 0 Å². The van der Waals surface area contributed by atoms with Crippen molar-refractivity contribution in [3.8, 4) is 0 Å². The minimum absolute atomic E-state index is 0.179. The van der Waals surface area contributed by atoms with Gasteiger partial charge in [0.25, 0.3) is 0 Å². The lowest BCUT2D eigenvalue weighted by Gasteiger charge is -2.34. The first-order valence-electron chi connectivity index (χ1n) is 7.22. The minimum atomic E-state index is 0.179. The van der Waals surface area contributed by atoms with Gasteiger partial charge in [-0.15, -0.1) is 0 Å². The highest BCUT2D eigenvalue weighted by Gasteiger charge is 2.30. The lowest BCUT2D eigenvalue weighted by molar-refractivity contribution is -0.127. The van der Waals surface area contributed by atoms with Gasteiger partial charge in [-0.05, 0) is 45.1 Å². The van der Waals surface area contributed by atoms with Crippen LogP contribution in [0.4, 0.5) is 0 Å². The van der Waals surface area contributed by atoms with Crippen LogP contribution < -0.4 is 10.6 Å². The Morgan fingerprint density at radius 2 is 1.88 bits per heavy atom. The van der Waals surface area contributed by atoms with Crippen LogP contribution in [0.5, 0.6) is 0 Å². The van der Waals surface area contributed by atoms with Gasteiger partial charge in [0.05, 0.1) is 5.92 Å². The van der Waals surface area contributed by atoms with Crippen LogP contribution in [0.15, 0.2) is 0 Å². The third-order valence-electron chi connectivity index (χ3n) is 4.54. The van der Waals surface area contributed by atoms with E-state index in [-0.39, 0.29) is 11.8 Å². The Hall–Kier alpha value is -0.570. The maximum Gasteiger partial charge on any atom is 0.224 e. The van der Waals surface area contributed by atoms with Gasteiger partial charge in [-0.3, -0.25) is 4.79 Å². The fourth-order valence-corrected chi connectivity index (χ4v) is 3.22. The topological polar surface area (TPSA) is 41.1 Å². The average Bonchev–Trinajstić information content (AvgIpc) is 2.32. The second-order valence-corrected chi connectivity index (χ2v) is 5.87. The van der Waals surface area contributed by atoms with Crippen LogP contribution in [0.1, 0.15) is 52.4 Å². The molecule has 1 saturated carbocycles. The van der Waals surface area contributed by atoms with Crippen LogP contribution in [-0.4, -0.2) is 24.5 Å². The van der Waals surface area contributed by atoms with Crippen molar-refractivity contribution in [1.82, 2.24) is 10.6 Å². The van der Waals surface area contributed by atoms with Crippen LogP contribution in [0.2, 0.25) is 0 Å². The second-order valence-electron chi connectivity index (χ2n) is 5.87. The molecule has 17 heavy (non-hydrogen) atoms. The van der Waals surface area contributed by atoms with Gasteiger partial charge >= 0.3 is 0 Å². The van der Waals surface area contributed by atoms with Gasteiger partial charge < -0.3 is 10.6 Å². The Bertz CT molecular complexity index is 267. The van der Waals surface area contributed by atoms with E-state index in [9.17, 15) is 4.79 Å². The fraction of sp³-hybridized carbons (Fsp3) is 0.929. The number of rotatable bonds is 2. The SMILES string of the molecule is CC1CCCCC1NC(=O)C1CCCNC1C. The first kappa shape index (κ1) is 12.9. The van der Waals surface area contributed by atoms with E-state index in [1.54, 1.807) is 0 Å². The van der Waals surface area contributed by atoms with Gasteiger partial charge in [-0.1, -0.05) is 19.8 Å². The summed E-state index contributed by atoms with van der Waals surface area (Å²) in [5.41, 5.74) is 0. The number of amides is 1. The molecule has 0 spiro atoms. The minimum Gasteiger partial charge on any atom is -0.353 e. The quantitative estimate of drug-likeness (QED) is 0.773. The first-order chi connectivity index (χ1) is 8.18. The summed E-state index contributed by atoms with van der Waals surface area (Å²) in [4.78, 5) is 12.3. The molecule has 2 N–H and O–H groups in total. The molecule has 1 saturated heterocycles. The van der Waals surface area contributed by atoms with E-state index in [1.807, 2.05) is 0 Å².